The van der Waals surface area contributed by atoms with Gasteiger partial charge in [0.05, 0.1) is 12.2 Å². The van der Waals surface area contributed by atoms with E-state index in [1.54, 1.807) is 11.3 Å². The molecule has 0 saturated heterocycles. The molecule has 3 nitrogen and oxygen atoms in total. The van der Waals surface area contributed by atoms with E-state index in [2.05, 4.69) is 10.3 Å². The largest absolute Gasteiger partial charge is 0.350 e. The predicted molar refractivity (Wildman–Crippen MR) is 58.3 cm³/mol. The highest BCUT2D eigenvalue weighted by Gasteiger charge is 2.04. The van der Waals surface area contributed by atoms with Crippen molar-refractivity contribution in [2.24, 2.45) is 0 Å². The van der Waals surface area contributed by atoms with Gasteiger partial charge in [0.1, 0.15) is 5.01 Å². The molecule has 0 atom stereocenters. The van der Waals surface area contributed by atoms with E-state index in [1.165, 1.54) is 4.88 Å². The van der Waals surface area contributed by atoms with Crippen LogP contribution in [0.1, 0.15) is 35.3 Å². The molecule has 0 saturated carbocycles. The zero-order valence-electron chi connectivity index (χ0n) is 8.89. The number of aromatic nitrogens is 1. The monoisotopic (exact) mass is 212 g/mol. The molecule has 0 fully saturated rings. The molecule has 1 N–H and O–H groups in total. The van der Waals surface area contributed by atoms with Crippen molar-refractivity contribution in [1.29, 1.82) is 0 Å². The maximum Gasteiger partial charge on any atom is 0.220 e. The molecule has 0 spiro atoms. The molecule has 0 bridgehead atoms. The van der Waals surface area contributed by atoms with E-state index >= 15 is 0 Å². The van der Waals surface area contributed by atoms with E-state index in [0.29, 0.717) is 13.0 Å². The van der Waals surface area contributed by atoms with E-state index in [1.807, 2.05) is 20.8 Å². The van der Waals surface area contributed by atoms with Gasteiger partial charge in [-0.05, 0) is 20.3 Å². The topological polar surface area (TPSA) is 42.0 Å². The number of nitrogens with one attached hydrogen (secondary N) is 1. The summed E-state index contributed by atoms with van der Waals surface area (Å²) >= 11 is 1.65. The Labute approximate surface area is 88.6 Å². The maximum atomic E-state index is 11.2. The first kappa shape index (κ1) is 11.2. The van der Waals surface area contributed by atoms with E-state index in [9.17, 15) is 4.79 Å². The lowest BCUT2D eigenvalue weighted by Crippen LogP contribution is -2.21. The lowest BCUT2D eigenvalue weighted by Gasteiger charge is -2.00. The summed E-state index contributed by atoms with van der Waals surface area (Å²) in [7, 11) is 0. The number of hydrogen-bond acceptors (Lipinski definition) is 3. The van der Waals surface area contributed by atoms with Crippen LogP contribution >= 0.6 is 11.3 Å². The van der Waals surface area contributed by atoms with Crippen LogP contribution in [0.2, 0.25) is 0 Å². The molecular weight excluding hydrogens is 196 g/mol. The van der Waals surface area contributed by atoms with Crippen molar-refractivity contribution in [3.05, 3.63) is 15.6 Å². The van der Waals surface area contributed by atoms with Crippen LogP contribution in [0.4, 0.5) is 0 Å². The van der Waals surface area contributed by atoms with Crippen LogP contribution in [0.15, 0.2) is 0 Å². The minimum Gasteiger partial charge on any atom is -0.350 e. The summed E-state index contributed by atoms with van der Waals surface area (Å²) in [6, 6.07) is 0. The Morgan fingerprint density at radius 1 is 1.50 bits per heavy atom. The summed E-state index contributed by atoms with van der Waals surface area (Å²) in [5, 5.41) is 3.84. The third-order valence-corrected chi connectivity index (χ3v) is 3.06. The van der Waals surface area contributed by atoms with Gasteiger partial charge in [0.2, 0.25) is 5.91 Å². The summed E-state index contributed by atoms with van der Waals surface area (Å²) < 4.78 is 0. The van der Waals surface area contributed by atoms with Crippen molar-refractivity contribution in [2.45, 2.75) is 40.2 Å². The second kappa shape index (κ2) is 5.10. The molecule has 0 aliphatic heterocycles. The predicted octanol–water partition coefficient (Wildman–Crippen LogP) is 2.18. The van der Waals surface area contributed by atoms with E-state index in [4.69, 9.17) is 0 Å². The standard InChI is InChI=1S/C10H16N2OS/c1-4-5-9(13)11-6-10-12-7(2)8(3)14-10/h4-6H2,1-3H3,(H,11,13). The van der Waals surface area contributed by atoms with Crippen LogP contribution in [0.5, 0.6) is 0 Å². The number of nitrogens with zero attached hydrogens (tertiary/aromatic N) is 1. The molecule has 1 heterocycles. The zero-order chi connectivity index (χ0) is 10.6. The lowest BCUT2D eigenvalue weighted by molar-refractivity contribution is -0.121. The van der Waals surface area contributed by atoms with Crippen molar-refractivity contribution in [2.75, 3.05) is 0 Å². The molecule has 1 aromatic heterocycles. The van der Waals surface area contributed by atoms with E-state index < -0.39 is 0 Å². The van der Waals surface area contributed by atoms with Crippen LogP contribution in [-0.4, -0.2) is 10.9 Å². The summed E-state index contributed by atoms with van der Waals surface area (Å²) in [4.78, 5) is 16.7. The minimum absolute atomic E-state index is 0.109. The normalized spacial score (nSPS) is 10.2. The van der Waals surface area contributed by atoms with Crippen LogP contribution in [0.25, 0.3) is 0 Å². The van der Waals surface area contributed by atoms with Crippen molar-refractivity contribution in [1.82, 2.24) is 10.3 Å². The second-order valence-electron chi connectivity index (χ2n) is 3.28. The highest BCUT2D eigenvalue weighted by molar-refractivity contribution is 7.11. The van der Waals surface area contributed by atoms with E-state index in [-0.39, 0.29) is 5.91 Å². The second-order valence-corrected chi connectivity index (χ2v) is 4.56. The molecule has 78 valence electrons. The van der Waals surface area contributed by atoms with Crippen molar-refractivity contribution in [3.8, 4) is 0 Å². The summed E-state index contributed by atoms with van der Waals surface area (Å²) in [5.41, 5.74) is 1.06. The average molecular weight is 212 g/mol. The number of carbonyl (C=O) groups is 1. The van der Waals surface area contributed by atoms with Gasteiger partial charge < -0.3 is 5.32 Å². The quantitative estimate of drug-likeness (QED) is 0.831. The molecule has 0 radical (unpaired) electrons. The SMILES string of the molecule is CCCC(=O)NCc1nc(C)c(C)s1. The Morgan fingerprint density at radius 2 is 2.21 bits per heavy atom. The molecule has 0 unspecified atom stereocenters. The van der Waals surface area contributed by atoms with Crippen molar-refractivity contribution >= 4 is 17.2 Å². The number of amides is 1. The van der Waals surface area contributed by atoms with Crippen LogP contribution in [-0.2, 0) is 11.3 Å². The highest BCUT2D eigenvalue weighted by atomic mass is 32.1. The highest BCUT2D eigenvalue weighted by Crippen LogP contribution is 2.15. The van der Waals surface area contributed by atoms with Crippen LogP contribution < -0.4 is 5.32 Å². The van der Waals surface area contributed by atoms with Gasteiger partial charge >= 0.3 is 0 Å². The van der Waals surface area contributed by atoms with Crippen LogP contribution in [0, 0.1) is 13.8 Å². The smallest absolute Gasteiger partial charge is 0.220 e. The first-order chi connectivity index (χ1) is 6.63. The molecule has 4 heteroatoms. The van der Waals surface area contributed by atoms with Gasteiger partial charge in [0, 0.05) is 11.3 Å². The molecule has 0 aromatic carbocycles. The average Bonchev–Trinajstić information content (AvgIpc) is 2.44. The Balaban J connectivity index is 2.42. The molecule has 0 aliphatic carbocycles. The third kappa shape index (κ3) is 3.10. The maximum absolute atomic E-state index is 11.2. The number of thiazole rings is 1. The molecule has 14 heavy (non-hydrogen) atoms. The number of hydrogen-bond donors (Lipinski definition) is 1. The molecule has 1 amide bonds. The Hall–Kier alpha value is -0.900. The molecule has 1 rings (SSSR count). The van der Waals surface area contributed by atoms with Gasteiger partial charge in [-0.1, -0.05) is 6.92 Å². The first-order valence-corrected chi connectivity index (χ1v) is 5.64. The Bertz CT molecular complexity index is 300. The first-order valence-electron chi connectivity index (χ1n) is 4.83. The molecule has 1 aromatic rings. The van der Waals surface area contributed by atoms with Crippen molar-refractivity contribution in [3.63, 3.8) is 0 Å². The fraction of sp³-hybridized carbons (Fsp3) is 0.600. The van der Waals surface area contributed by atoms with Gasteiger partial charge in [0.25, 0.3) is 0 Å². The third-order valence-electron chi connectivity index (χ3n) is 1.99. The molecule has 0 aliphatic rings. The Morgan fingerprint density at radius 3 is 2.71 bits per heavy atom. The van der Waals surface area contributed by atoms with Gasteiger partial charge in [-0.15, -0.1) is 11.3 Å². The molecular formula is C10H16N2OS. The number of aryl methyl sites for hydroxylation is 2. The van der Waals surface area contributed by atoms with E-state index in [0.717, 1.165) is 17.1 Å². The Kier molecular flexibility index (Phi) is 4.07. The zero-order valence-corrected chi connectivity index (χ0v) is 9.70. The van der Waals surface area contributed by atoms with Crippen LogP contribution in [0.3, 0.4) is 0 Å². The van der Waals surface area contributed by atoms with Gasteiger partial charge in [0.15, 0.2) is 0 Å². The van der Waals surface area contributed by atoms with Gasteiger partial charge in [-0.2, -0.15) is 0 Å². The van der Waals surface area contributed by atoms with Gasteiger partial charge in [-0.3, -0.25) is 4.79 Å². The summed E-state index contributed by atoms with van der Waals surface area (Å²) in [6.07, 6.45) is 1.49. The van der Waals surface area contributed by atoms with Crippen molar-refractivity contribution < 1.29 is 4.79 Å². The summed E-state index contributed by atoms with van der Waals surface area (Å²) in [6.45, 7) is 6.60. The summed E-state index contributed by atoms with van der Waals surface area (Å²) in [5.74, 6) is 0.109. The fourth-order valence-corrected chi connectivity index (χ4v) is 1.98. The number of rotatable bonds is 4. The van der Waals surface area contributed by atoms with Gasteiger partial charge in [-0.25, -0.2) is 4.98 Å². The lowest BCUT2D eigenvalue weighted by atomic mass is 10.3. The fourth-order valence-electron chi connectivity index (χ4n) is 1.10. The minimum atomic E-state index is 0.109. The number of carbonyl (C=O) groups excluding carboxylic acids is 1.